The largest absolute Gasteiger partial charge is 0.423 e. The number of oxazole rings is 1. The highest BCUT2D eigenvalue weighted by Gasteiger charge is 2.31. The second-order valence-electron chi connectivity index (χ2n) is 8.88. The first kappa shape index (κ1) is 20.0. The Morgan fingerprint density at radius 2 is 1.97 bits per heavy atom. The van der Waals surface area contributed by atoms with Gasteiger partial charge < -0.3 is 19.2 Å². The lowest BCUT2D eigenvalue weighted by molar-refractivity contribution is -0.135. The van der Waals surface area contributed by atoms with Crippen molar-refractivity contribution < 1.29 is 13.6 Å². The molecule has 2 aromatic heterocycles. The molecule has 2 aliphatic heterocycles. The first-order valence-corrected chi connectivity index (χ1v) is 11.5. The molecule has 6 nitrogen and oxygen atoms in total. The van der Waals surface area contributed by atoms with Crippen molar-refractivity contribution in [3.63, 3.8) is 0 Å². The van der Waals surface area contributed by atoms with Crippen LogP contribution in [0.2, 0.25) is 0 Å². The highest BCUT2D eigenvalue weighted by Crippen LogP contribution is 2.31. The number of nitrogens with zero attached hydrogens (tertiary/aromatic N) is 3. The molecule has 4 aromatic rings. The predicted octanol–water partition coefficient (Wildman–Crippen LogP) is 4.98. The third kappa shape index (κ3) is 3.67. The predicted molar refractivity (Wildman–Crippen MR) is 126 cm³/mol. The first-order valence-electron chi connectivity index (χ1n) is 11.5. The Kier molecular flexibility index (Phi) is 4.89. The summed E-state index contributed by atoms with van der Waals surface area (Å²) in [7, 11) is 0. The van der Waals surface area contributed by atoms with E-state index < -0.39 is 0 Å². The highest BCUT2D eigenvalue weighted by atomic mass is 19.1. The van der Waals surface area contributed by atoms with E-state index in [-0.39, 0.29) is 17.6 Å². The number of aromatic amines is 1. The Bertz CT molecular complexity index is 1330. The summed E-state index contributed by atoms with van der Waals surface area (Å²) in [6, 6.07) is 13.2. The smallest absolute Gasteiger partial charge is 0.298 e. The number of halogens is 1. The van der Waals surface area contributed by atoms with E-state index in [9.17, 15) is 9.18 Å². The fraction of sp³-hybridized carbons (Fsp3) is 0.308. The van der Waals surface area contributed by atoms with E-state index in [0.29, 0.717) is 19.1 Å². The van der Waals surface area contributed by atoms with Crippen LogP contribution < -0.4 is 4.90 Å². The summed E-state index contributed by atoms with van der Waals surface area (Å²) >= 11 is 0. The number of hydrogen-bond donors (Lipinski definition) is 1. The van der Waals surface area contributed by atoms with Crippen LogP contribution in [0.25, 0.3) is 27.6 Å². The number of rotatable bonds is 3. The summed E-state index contributed by atoms with van der Waals surface area (Å²) < 4.78 is 19.4. The molecule has 0 unspecified atom stereocenters. The van der Waals surface area contributed by atoms with Gasteiger partial charge in [0.05, 0.1) is 0 Å². The molecule has 1 amide bonds. The number of H-pyrrole nitrogens is 1. The minimum atomic E-state index is -0.243. The molecular formula is C26H25FN4O2. The summed E-state index contributed by atoms with van der Waals surface area (Å²) in [5, 5.41) is 1.02. The molecule has 0 spiro atoms. The van der Waals surface area contributed by atoms with Crippen molar-refractivity contribution in [1.82, 2.24) is 14.9 Å². The Morgan fingerprint density at radius 3 is 2.76 bits per heavy atom. The van der Waals surface area contributed by atoms with Gasteiger partial charge in [0.1, 0.15) is 11.3 Å². The van der Waals surface area contributed by atoms with Crippen molar-refractivity contribution in [1.29, 1.82) is 0 Å². The molecule has 2 aliphatic rings. The summed E-state index contributed by atoms with van der Waals surface area (Å²) in [5.41, 5.74) is 4.77. The molecular weight excluding hydrogens is 419 g/mol. The molecule has 0 atom stereocenters. The molecule has 1 fully saturated rings. The fourth-order valence-corrected chi connectivity index (χ4v) is 5.05. The van der Waals surface area contributed by atoms with Gasteiger partial charge in [-0.05, 0) is 55.2 Å². The van der Waals surface area contributed by atoms with E-state index in [1.54, 1.807) is 0 Å². The molecule has 33 heavy (non-hydrogen) atoms. The van der Waals surface area contributed by atoms with E-state index in [1.807, 2.05) is 41.4 Å². The van der Waals surface area contributed by atoms with Crippen LogP contribution in [0, 0.1) is 11.7 Å². The summed E-state index contributed by atoms with van der Waals surface area (Å²) in [6.45, 7) is 2.87. The second-order valence-corrected chi connectivity index (χ2v) is 8.88. The number of piperidine rings is 1. The number of carbonyl (C=O) groups excluding carboxylic acids is 1. The number of nitrogens with one attached hydrogen (secondary N) is 1. The van der Waals surface area contributed by atoms with Crippen LogP contribution in [0.5, 0.6) is 0 Å². The minimum Gasteiger partial charge on any atom is -0.423 e. The molecule has 2 aromatic carbocycles. The molecule has 7 heteroatoms. The van der Waals surface area contributed by atoms with E-state index in [0.717, 1.165) is 59.9 Å². The second kappa shape index (κ2) is 8.06. The SMILES string of the molecule is O=C(C1CCN(c2nc3ccccc3o2)CC1)N1CC=C(c2c[nH]c3cc(F)ccc23)CC1. The van der Waals surface area contributed by atoms with E-state index in [1.165, 1.54) is 17.7 Å². The van der Waals surface area contributed by atoms with Crippen molar-refractivity contribution in [2.45, 2.75) is 19.3 Å². The quantitative estimate of drug-likeness (QED) is 0.484. The molecule has 6 rings (SSSR count). The molecule has 0 bridgehead atoms. The molecule has 0 aliphatic carbocycles. The van der Waals surface area contributed by atoms with Crippen molar-refractivity contribution in [2.24, 2.45) is 5.92 Å². The van der Waals surface area contributed by atoms with Gasteiger partial charge in [-0.15, -0.1) is 0 Å². The lowest BCUT2D eigenvalue weighted by atomic mass is 9.93. The number of anilines is 1. The lowest BCUT2D eigenvalue weighted by Crippen LogP contribution is -2.44. The van der Waals surface area contributed by atoms with Crippen molar-refractivity contribution >= 4 is 39.5 Å². The molecule has 168 valence electrons. The number of carbonyl (C=O) groups is 1. The molecule has 1 N–H and O–H groups in total. The van der Waals surface area contributed by atoms with Gasteiger partial charge in [0.25, 0.3) is 6.01 Å². The zero-order valence-electron chi connectivity index (χ0n) is 18.3. The van der Waals surface area contributed by atoms with Crippen LogP contribution in [0.15, 0.2) is 59.2 Å². The summed E-state index contributed by atoms with van der Waals surface area (Å²) in [6.07, 6.45) is 6.49. The van der Waals surface area contributed by atoms with Crippen LogP contribution in [0.4, 0.5) is 10.4 Å². The fourth-order valence-electron chi connectivity index (χ4n) is 5.05. The van der Waals surface area contributed by atoms with Crippen molar-refractivity contribution in [3.05, 3.63) is 66.1 Å². The van der Waals surface area contributed by atoms with Gasteiger partial charge in [0, 0.05) is 54.8 Å². The van der Waals surface area contributed by atoms with Gasteiger partial charge in [-0.2, -0.15) is 4.98 Å². The highest BCUT2D eigenvalue weighted by molar-refractivity contribution is 5.93. The average Bonchev–Trinajstić information content (AvgIpc) is 3.48. The van der Waals surface area contributed by atoms with Gasteiger partial charge in [0.2, 0.25) is 5.91 Å². The Labute approximate surface area is 190 Å². The maximum atomic E-state index is 13.5. The number of amides is 1. The Hall–Kier alpha value is -3.61. The van der Waals surface area contributed by atoms with Crippen LogP contribution in [-0.2, 0) is 4.79 Å². The van der Waals surface area contributed by atoms with Crippen LogP contribution in [0.3, 0.4) is 0 Å². The van der Waals surface area contributed by atoms with Gasteiger partial charge in [-0.25, -0.2) is 4.39 Å². The van der Waals surface area contributed by atoms with E-state index >= 15 is 0 Å². The van der Waals surface area contributed by atoms with Gasteiger partial charge in [0.15, 0.2) is 5.58 Å². The standard InChI is InChI=1S/C26H25FN4O2/c27-19-5-6-20-21(16-28-23(20)15-19)17-7-11-30(12-8-17)25(32)18-9-13-31(14-10-18)26-29-22-3-1-2-4-24(22)33-26/h1-7,15-16,18,28H,8-14H2. The number of hydrogen-bond acceptors (Lipinski definition) is 4. The topological polar surface area (TPSA) is 65.4 Å². The molecule has 0 saturated carbocycles. The number of aromatic nitrogens is 2. The van der Waals surface area contributed by atoms with E-state index in [2.05, 4.69) is 20.9 Å². The van der Waals surface area contributed by atoms with Crippen LogP contribution in [0.1, 0.15) is 24.8 Å². The minimum absolute atomic E-state index is 0.0386. The first-order chi connectivity index (χ1) is 16.2. The van der Waals surface area contributed by atoms with Gasteiger partial charge in [-0.1, -0.05) is 18.2 Å². The molecule has 0 radical (unpaired) electrons. The number of fused-ring (bicyclic) bond motifs is 2. The summed E-state index contributed by atoms with van der Waals surface area (Å²) in [4.78, 5) is 25.0. The van der Waals surface area contributed by atoms with E-state index in [4.69, 9.17) is 4.42 Å². The normalized spacial score (nSPS) is 17.7. The third-order valence-electron chi connectivity index (χ3n) is 6.91. The third-order valence-corrected chi connectivity index (χ3v) is 6.91. The zero-order valence-corrected chi connectivity index (χ0v) is 18.3. The van der Waals surface area contributed by atoms with Crippen LogP contribution >= 0.6 is 0 Å². The van der Waals surface area contributed by atoms with Gasteiger partial charge >= 0.3 is 0 Å². The summed E-state index contributed by atoms with van der Waals surface area (Å²) in [5.74, 6) is 0.0348. The van der Waals surface area contributed by atoms with Gasteiger partial charge in [-0.3, -0.25) is 4.79 Å². The number of benzene rings is 2. The average molecular weight is 445 g/mol. The Morgan fingerprint density at radius 1 is 1.12 bits per heavy atom. The molecule has 4 heterocycles. The maximum absolute atomic E-state index is 13.5. The number of para-hydroxylation sites is 2. The Balaban J connectivity index is 1.09. The molecule has 1 saturated heterocycles. The zero-order chi connectivity index (χ0) is 22.4. The lowest BCUT2D eigenvalue weighted by Gasteiger charge is -2.34. The van der Waals surface area contributed by atoms with Crippen molar-refractivity contribution in [2.75, 3.05) is 31.1 Å². The monoisotopic (exact) mass is 444 g/mol. The van der Waals surface area contributed by atoms with Crippen LogP contribution in [-0.4, -0.2) is 47.0 Å². The maximum Gasteiger partial charge on any atom is 0.298 e. The van der Waals surface area contributed by atoms with Crippen molar-refractivity contribution in [3.8, 4) is 0 Å².